The summed E-state index contributed by atoms with van der Waals surface area (Å²) in [7, 11) is 3.20. The van der Waals surface area contributed by atoms with Crippen LogP contribution in [0, 0.1) is 0 Å². The first-order valence-electron chi connectivity index (χ1n) is 10.6. The molecule has 0 bridgehead atoms. The number of hydrogen-bond acceptors (Lipinski definition) is 5. The highest BCUT2D eigenvalue weighted by atomic mass is 35.5. The first kappa shape index (κ1) is 22.8. The van der Waals surface area contributed by atoms with Crippen LogP contribution >= 0.6 is 11.6 Å². The molecule has 0 saturated carbocycles. The number of hydrogen-bond donors (Lipinski definition) is 0. The van der Waals surface area contributed by atoms with Gasteiger partial charge in [-0.1, -0.05) is 66.2 Å². The summed E-state index contributed by atoms with van der Waals surface area (Å²) in [6.07, 6.45) is -0.454. The number of rotatable bonds is 7. The van der Waals surface area contributed by atoms with Crippen LogP contribution in [-0.4, -0.2) is 42.3 Å². The van der Waals surface area contributed by atoms with Gasteiger partial charge in [-0.05, 0) is 36.2 Å². The van der Waals surface area contributed by atoms with Crippen molar-refractivity contribution in [3.8, 4) is 11.5 Å². The number of methoxy groups -OCH3 is 2. The van der Waals surface area contributed by atoms with Gasteiger partial charge in [-0.2, -0.15) is 5.10 Å². The zero-order valence-electron chi connectivity index (χ0n) is 18.9. The highest BCUT2D eigenvalue weighted by Crippen LogP contribution is 2.41. The van der Waals surface area contributed by atoms with Crippen LogP contribution in [0.5, 0.6) is 11.5 Å². The Morgan fingerprint density at radius 2 is 1.73 bits per heavy atom. The second-order valence-electron chi connectivity index (χ2n) is 7.78. The van der Waals surface area contributed by atoms with Crippen molar-refractivity contribution in [2.75, 3.05) is 20.8 Å². The van der Waals surface area contributed by atoms with Gasteiger partial charge in [0.15, 0.2) is 11.5 Å². The van der Waals surface area contributed by atoms with Gasteiger partial charge in [-0.15, -0.1) is 0 Å². The SMILES string of the molecule is COc1cccc([C@H]2N(Cc3ccccc3)CC(=O)N2/N=C(/C)c2ccc(Cl)cc2)c1OC. The fourth-order valence-electron chi connectivity index (χ4n) is 4.05. The number of ether oxygens (including phenoxy) is 2. The third kappa shape index (κ3) is 4.87. The summed E-state index contributed by atoms with van der Waals surface area (Å²) < 4.78 is 11.2. The standard InChI is InChI=1S/C26H26ClN3O3/c1-18(20-12-14-21(27)15-13-20)28-30-24(31)17-29(16-19-8-5-4-6-9-19)26(30)22-10-7-11-23(32-2)25(22)33-3/h4-15,26H,16-17H2,1-3H3/b28-18-/t26-/m0/s1. The molecule has 0 radical (unpaired) electrons. The minimum Gasteiger partial charge on any atom is -0.493 e. The molecular formula is C26H26ClN3O3. The average Bonchev–Trinajstić information content (AvgIpc) is 3.13. The van der Waals surface area contributed by atoms with Gasteiger partial charge in [0, 0.05) is 17.1 Å². The van der Waals surface area contributed by atoms with Gasteiger partial charge in [0.2, 0.25) is 0 Å². The van der Waals surface area contributed by atoms with E-state index in [0.29, 0.717) is 28.8 Å². The lowest BCUT2D eigenvalue weighted by molar-refractivity contribution is -0.128. The third-order valence-corrected chi connectivity index (χ3v) is 5.88. The fourth-order valence-corrected chi connectivity index (χ4v) is 4.17. The molecule has 3 aromatic rings. The van der Waals surface area contributed by atoms with Crippen LogP contribution in [0.15, 0.2) is 77.9 Å². The summed E-state index contributed by atoms with van der Waals surface area (Å²) >= 11 is 6.03. The summed E-state index contributed by atoms with van der Waals surface area (Å²) in [5.74, 6) is 1.10. The van der Waals surface area contributed by atoms with Crippen molar-refractivity contribution in [2.45, 2.75) is 19.6 Å². The van der Waals surface area contributed by atoms with Gasteiger partial charge >= 0.3 is 0 Å². The Balaban J connectivity index is 1.78. The van der Waals surface area contributed by atoms with Crippen molar-refractivity contribution in [1.82, 2.24) is 9.91 Å². The Kier molecular flexibility index (Phi) is 6.96. The third-order valence-electron chi connectivity index (χ3n) is 5.63. The van der Waals surface area contributed by atoms with Crippen LogP contribution in [0.3, 0.4) is 0 Å². The van der Waals surface area contributed by atoms with Gasteiger partial charge in [0.25, 0.3) is 5.91 Å². The van der Waals surface area contributed by atoms with Crippen molar-refractivity contribution in [1.29, 1.82) is 0 Å². The molecule has 0 spiro atoms. The van der Waals surface area contributed by atoms with Crippen LogP contribution in [0.2, 0.25) is 5.02 Å². The number of amides is 1. The first-order chi connectivity index (χ1) is 16.0. The molecule has 0 N–H and O–H groups in total. The summed E-state index contributed by atoms with van der Waals surface area (Å²) in [5.41, 5.74) is 3.53. The quantitative estimate of drug-likeness (QED) is 0.456. The lowest BCUT2D eigenvalue weighted by Gasteiger charge is -2.29. The predicted octanol–water partition coefficient (Wildman–Crippen LogP) is 5.12. The van der Waals surface area contributed by atoms with E-state index in [9.17, 15) is 4.79 Å². The molecule has 33 heavy (non-hydrogen) atoms. The van der Waals surface area contributed by atoms with Crippen molar-refractivity contribution in [3.05, 3.63) is 94.5 Å². The molecule has 1 aliphatic rings. The van der Waals surface area contributed by atoms with E-state index in [1.54, 1.807) is 19.2 Å². The summed E-state index contributed by atoms with van der Waals surface area (Å²) in [5, 5.41) is 6.95. The molecular weight excluding hydrogens is 438 g/mol. The molecule has 0 aromatic heterocycles. The molecule has 6 nitrogen and oxygen atoms in total. The van der Waals surface area contributed by atoms with E-state index in [1.165, 1.54) is 0 Å². The van der Waals surface area contributed by atoms with Crippen molar-refractivity contribution in [3.63, 3.8) is 0 Å². The summed E-state index contributed by atoms with van der Waals surface area (Å²) in [4.78, 5) is 15.3. The number of benzene rings is 3. The predicted molar refractivity (Wildman–Crippen MR) is 130 cm³/mol. The van der Waals surface area contributed by atoms with E-state index in [0.717, 1.165) is 16.7 Å². The number of halogens is 1. The minimum absolute atomic E-state index is 0.0888. The van der Waals surface area contributed by atoms with Crippen molar-refractivity contribution >= 4 is 23.2 Å². The fraction of sp³-hybridized carbons (Fsp3) is 0.231. The molecule has 1 atom stereocenters. The Bertz CT molecular complexity index is 1150. The van der Waals surface area contributed by atoms with E-state index in [1.807, 2.05) is 67.6 Å². The van der Waals surface area contributed by atoms with E-state index in [2.05, 4.69) is 17.0 Å². The average molecular weight is 464 g/mol. The Morgan fingerprint density at radius 1 is 1.00 bits per heavy atom. The Morgan fingerprint density at radius 3 is 2.39 bits per heavy atom. The molecule has 3 aromatic carbocycles. The largest absolute Gasteiger partial charge is 0.493 e. The molecule has 4 rings (SSSR count). The maximum absolute atomic E-state index is 13.2. The van der Waals surface area contributed by atoms with Crippen molar-refractivity contribution < 1.29 is 14.3 Å². The zero-order valence-corrected chi connectivity index (χ0v) is 19.6. The molecule has 0 unspecified atom stereocenters. The van der Waals surface area contributed by atoms with Gasteiger partial charge in [0.05, 0.1) is 26.5 Å². The second-order valence-corrected chi connectivity index (χ2v) is 8.21. The number of nitrogens with zero attached hydrogens (tertiary/aromatic N) is 3. The van der Waals surface area contributed by atoms with Gasteiger partial charge in [-0.25, -0.2) is 5.01 Å². The maximum atomic E-state index is 13.2. The maximum Gasteiger partial charge on any atom is 0.258 e. The summed E-state index contributed by atoms with van der Waals surface area (Å²) in [6.45, 7) is 2.71. The van der Waals surface area contributed by atoms with E-state index < -0.39 is 6.17 Å². The molecule has 170 valence electrons. The number of hydrazone groups is 1. The number of carbonyl (C=O) groups is 1. The monoisotopic (exact) mass is 463 g/mol. The molecule has 0 aliphatic carbocycles. The van der Waals surface area contributed by atoms with Crippen LogP contribution in [0.1, 0.15) is 29.8 Å². The van der Waals surface area contributed by atoms with Crippen LogP contribution in [0.25, 0.3) is 0 Å². The van der Waals surface area contributed by atoms with Gasteiger partial charge in [0.1, 0.15) is 6.17 Å². The minimum atomic E-state index is -0.454. The number of para-hydroxylation sites is 1. The molecule has 7 heteroatoms. The highest BCUT2D eigenvalue weighted by molar-refractivity contribution is 6.30. The smallest absolute Gasteiger partial charge is 0.258 e. The van der Waals surface area contributed by atoms with E-state index >= 15 is 0 Å². The topological polar surface area (TPSA) is 54.4 Å². The summed E-state index contributed by atoms with van der Waals surface area (Å²) in [6, 6.07) is 23.2. The van der Waals surface area contributed by atoms with E-state index in [4.69, 9.17) is 26.2 Å². The van der Waals surface area contributed by atoms with Crippen LogP contribution < -0.4 is 9.47 Å². The van der Waals surface area contributed by atoms with Crippen LogP contribution in [0.4, 0.5) is 0 Å². The molecule has 1 fully saturated rings. The first-order valence-corrected chi connectivity index (χ1v) is 11.0. The van der Waals surface area contributed by atoms with Gasteiger partial charge < -0.3 is 9.47 Å². The zero-order chi connectivity index (χ0) is 23.4. The van der Waals surface area contributed by atoms with Gasteiger partial charge in [-0.3, -0.25) is 9.69 Å². The molecule has 1 heterocycles. The highest BCUT2D eigenvalue weighted by Gasteiger charge is 2.41. The number of carbonyl (C=O) groups excluding carboxylic acids is 1. The molecule has 1 saturated heterocycles. The lowest BCUT2D eigenvalue weighted by Crippen LogP contribution is -2.30. The normalized spacial score (nSPS) is 16.8. The second kappa shape index (κ2) is 10.1. The molecule has 1 aliphatic heterocycles. The Labute approximate surface area is 199 Å². The lowest BCUT2D eigenvalue weighted by atomic mass is 10.1. The van der Waals surface area contributed by atoms with Crippen LogP contribution in [-0.2, 0) is 11.3 Å². The Hall–Kier alpha value is -3.35. The molecule has 1 amide bonds. The van der Waals surface area contributed by atoms with E-state index in [-0.39, 0.29) is 12.5 Å². The van der Waals surface area contributed by atoms with Crippen molar-refractivity contribution in [2.24, 2.45) is 5.10 Å².